The van der Waals surface area contributed by atoms with Gasteiger partial charge in [-0.2, -0.15) is 0 Å². The Morgan fingerprint density at radius 2 is 2.10 bits per heavy atom. The number of hydrogen-bond acceptors (Lipinski definition) is 7. The molecule has 7 nitrogen and oxygen atoms in total. The number of sulfone groups is 1. The van der Waals surface area contributed by atoms with E-state index in [2.05, 4.69) is 20.6 Å². The fraction of sp³-hybridized carbons (Fsp3) is 0.692. The summed E-state index contributed by atoms with van der Waals surface area (Å²) >= 11 is 0. The zero-order valence-corrected chi connectivity index (χ0v) is 13.5. The molecule has 1 aliphatic heterocycles. The van der Waals surface area contributed by atoms with E-state index in [1.54, 1.807) is 13.2 Å². The van der Waals surface area contributed by atoms with Crippen LogP contribution in [0.25, 0.3) is 0 Å². The van der Waals surface area contributed by atoms with Crippen LogP contribution >= 0.6 is 0 Å². The van der Waals surface area contributed by atoms with Crippen molar-refractivity contribution in [2.45, 2.75) is 32.4 Å². The summed E-state index contributed by atoms with van der Waals surface area (Å²) in [4.78, 5) is 8.71. The maximum absolute atomic E-state index is 11.7. The molecule has 0 aromatic carbocycles. The van der Waals surface area contributed by atoms with Crippen LogP contribution in [0.4, 0.5) is 11.6 Å². The van der Waals surface area contributed by atoms with E-state index in [9.17, 15) is 8.42 Å². The molecule has 0 amide bonds. The maximum atomic E-state index is 11.7. The highest BCUT2D eigenvalue weighted by molar-refractivity contribution is 7.91. The van der Waals surface area contributed by atoms with Crippen LogP contribution in [-0.2, 0) is 21.2 Å². The van der Waals surface area contributed by atoms with Crippen molar-refractivity contribution in [1.82, 2.24) is 9.97 Å². The summed E-state index contributed by atoms with van der Waals surface area (Å²) in [5.41, 5.74) is -0.485. The van der Waals surface area contributed by atoms with E-state index in [0.717, 1.165) is 6.54 Å². The molecule has 2 N–H and O–H groups in total. The lowest BCUT2D eigenvalue weighted by Gasteiger charge is -2.25. The van der Waals surface area contributed by atoms with Crippen molar-refractivity contribution in [3.63, 3.8) is 0 Å². The molecule has 21 heavy (non-hydrogen) atoms. The van der Waals surface area contributed by atoms with Gasteiger partial charge in [0.1, 0.15) is 18.2 Å². The molecule has 0 aliphatic carbocycles. The molecule has 1 saturated heterocycles. The van der Waals surface area contributed by atoms with E-state index in [0.29, 0.717) is 30.5 Å². The van der Waals surface area contributed by atoms with Crippen molar-refractivity contribution < 1.29 is 13.2 Å². The predicted molar refractivity (Wildman–Crippen MR) is 82.2 cm³/mol. The third kappa shape index (κ3) is 4.28. The number of methoxy groups -OCH3 is 1. The molecule has 2 rings (SSSR count). The Bertz CT molecular complexity index is 581. The summed E-state index contributed by atoms with van der Waals surface area (Å²) in [6.07, 6.45) is 0.579. The number of ether oxygens (including phenoxy) is 1. The fourth-order valence-electron chi connectivity index (χ4n) is 2.44. The molecule has 1 aliphatic rings. The molecule has 1 aromatic heterocycles. The van der Waals surface area contributed by atoms with Crippen molar-refractivity contribution >= 4 is 21.5 Å². The molecule has 8 heteroatoms. The molecule has 0 radical (unpaired) electrons. The first kappa shape index (κ1) is 16.0. The van der Waals surface area contributed by atoms with Crippen LogP contribution < -0.4 is 10.6 Å². The number of nitrogens with one attached hydrogen (secondary N) is 2. The van der Waals surface area contributed by atoms with Gasteiger partial charge in [-0.25, -0.2) is 18.4 Å². The molecule has 0 spiro atoms. The Morgan fingerprint density at radius 1 is 1.38 bits per heavy atom. The topological polar surface area (TPSA) is 93.2 Å². The molecule has 118 valence electrons. The Kier molecular flexibility index (Phi) is 4.67. The van der Waals surface area contributed by atoms with Crippen molar-refractivity contribution in [3.8, 4) is 0 Å². The smallest absolute Gasteiger partial charge is 0.158 e. The van der Waals surface area contributed by atoms with Crippen molar-refractivity contribution in [2.75, 3.05) is 35.8 Å². The van der Waals surface area contributed by atoms with Crippen LogP contribution in [0.2, 0.25) is 0 Å². The lowest BCUT2D eigenvalue weighted by molar-refractivity contribution is 0.178. The second-order valence-electron chi connectivity index (χ2n) is 5.55. The largest absolute Gasteiger partial charge is 0.377 e. The van der Waals surface area contributed by atoms with Crippen molar-refractivity contribution in [3.05, 3.63) is 11.9 Å². The van der Waals surface area contributed by atoms with Crippen LogP contribution in [0.15, 0.2) is 6.07 Å². The molecule has 1 atom stereocenters. The van der Waals surface area contributed by atoms with Gasteiger partial charge in [0.2, 0.25) is 0 Å². The molecule has 1 aromatic rings. The Hall–Kier alpha value is -1.41. The van der Waals surface area contributed by atoms with E-state index in [1.807, 2.05) is 13.8 Å². The zero-order chi connectivity index (χ0) is 15.5. The molecular weight excluding hydrogens is 292 g/mol. The molecule has 1 fully saturated rings. The van der Waals surface area contributed by atoms with Gasteiger partial charge in [-0.1, -0.05) is 0 Å². The summed E-state index contributed by atoms with van der Waals surface area (Å²) in [5.74, 6) is 2.22. The summed E-state index contributed by atoms with van der Waals surface area (Å²) in [6.45, 7) is 4.94. The lowest BCUT2D eigenvalue weighted by Crippen LogP contribution is -2.36. The van der Waals surface area contributed by atoms with Crippen LogP contribution in [0.5, 0.6) is 0 Å². The monoisotopic (exact) mass is 314 g/mol. The molecule has 0 bridgehead atoms. The van der Waals surface area contributed by atoms with Crippen LogP contribution in [0.3, 0.4) is 0 Å². The number of hydrogen-bond donors (Lipinski definition) is 2. The second kappa shape index (κ2) is 6.15. The Morgan fingerprint density at radius 3 is 2.67 bits per heavy atom. The highest BCUT2D eigenvalue weighted by Gasteiger charge is 2.38. The standard InChI is InChI=1S/C13H22N4O3S/c1-4-14-10-7-11(16-12(15-10)8-20-3)17-13(2)5-6-21(18,19)9-13/h7H,4-6,8-9H2,1-3H3,(H2,14,15,16,17). The minimum atomic E-state index is -2.96. The molecule has 0 saturated carbocycles. The SMILES string of the molecule is CCNc1cc(NC2(C)CCS(=O)(=O)C2)nc(COC)n1. The summed E-state index contributed by atoms with van der Waals surface area (Å²) in [6, 6.07) is 1.79. The van der Waals surface area contributed by atoms with E-state index < -0.39 is 15.4 Å². The van der Waals surface area contributed by atoms with E-state index in [-0.39, 0.29) is 11.5 Å². The van der Waals surface area contributed by atoms with Crippen LogP contribution in [-0.4, -0.2) is 49.1 Å². The highest BCUT2D eigenvalue weighted by atomic mass is 32.2. The van der Waals surface area contributed by atoms with Crippen molar-refractivity contribution in [1.29, 1.82) is 0 Å². The number of anilines is 2. The lowest BCUT2D eigenvalue weighted by atomic mass is 10.0. The third-order valence-electron chi connectivity index (χ3n) is 3.34. The van der Waals surface area contributed by atoms with Gasteiger partial charge >= 0.3 is 0 Å². The van der Waals surface area contributed by atoms with Gasteiger partial charge in [0.05, 0.1) is 17.0 Å². The molecular formula is C13H22N4O3S. The van der Waals surface area contributed by atoms with Crippen molar-refractivity contribution in [2.24, 2.45) is 0 Å². The van der Waals surface area contributed by atoms with E-state index in [1.165, 1.54) is 0 Å². The first-order valence-electron chi connectivity index (χ1n) is 6.95. The summed E-state index contributed by atoms with van der Waals surface area (Å²) < 4.78 is 28.4. The fourth-order valence-corrected chi connectivity index (χ4v) is 4.54. The third-order valence-corrected chi connectivity index (χ3v) is 5.24. The average Bonchev–Trinajstić information content (AvgIpc) is 2.63. The normalized spacial score (nSPS) is 24.0. The van der Waals surface area contributed by atoms with Gasteiger partial charge in [0.25, 0.3) is 0 Å². The highest BCUT2D eigenvalue weighted by Crippen LogP contribution is 2.27. The van der Waals surface area contributed by atoms with Gasteiger partial charge < -0.3 is 15.4 Å². The average molecular weight is 314 g/mol. The minimum absolute atomic E-state index is 0.125. The molecule has 1 unspecified atom stereocenters. The number of rotatable bonds is 6. The van der Waals surface area contributed by atoms with Crippen LogP contribution in [0, 0.1) is 0 Å². The van der Waals surface area contributed by atoms with Gasteiger partial charge in [0, 0.05) is 19.7 Å². The zero-order valence-electron chi connectivity index (χ0n) is 12.6. The summed E-state index contributed by atoms with van der Waals surface area (Å²) in [7, 11) is -1.38. The van der Waals surface area contributed by atoms with Gasteiger partial charge in [-0.15, -0.1) is 0 Å². The Labute approximate surface area is 125 Å². The first-order valence-corrected chi connectivity index (χ1v) is 8.77. The van der Waals surface area contributed by atoms with E-state index >= 15 is 0 Å². The number of aromatic nitrogens is 2. The van der Waals surface area contributed by atoms with Crippen LogP contribution in [0.1, 0.15) is 26.1 Å². The minimum Gasteiger partial charge on any atom is -0.377 e. The predicted octanol–water partition coefficient (Wildman–Crippen LogP) is 1.04. The molecule has 2 heterocycles. The van der Waals surface area contributed by atoms with Gasteiger partial charge in [0.15, 0.2) is 15.7 Å². The quantitative estimate of drug-likeness (QED) is 0.810. The van der Waals surface area contributed by atoms with Gasteiger partial charge in [-0.05, 0) is 20.3 Å². The maximum Gasteiger partial charge on any atom is 0.158 e. The first-order chi connectivity index (χ1) is 9.86. The van der Waals surface area contributed by atoms with E-state index in [4.69, 9.17) is 4.74 Å². The van der Waals surface area contributed by atoms with Gasteiger partial charge in [-0.3, -0.25) is 0 Å². The second-order valence-corrected chi connectivity index (χ2v) is 7.73. The Balaban J connectivity index is 2.22. The number of nitrogens with zero attached hydrogens (tertiary/aromatic N) is 2. The summed E-state index contributed by atoms with van der Waals surface area (Å²) in [5, 5.41) is 6.38.